The summed E-state index contributed by atoms with van der Waals surface area (Å²) in [5, 5.41) is 2.59. The quantitative estimate of drug-likeness (QED) is 0.156. The van der Waals surface area contributed by atoms with Gasteiger partial charge in [0.2, 0.25) is 5.92 Å². The van der Waals surface area contributed by atoms with Crippen molar-refractivity contribution in [3.63, 3.8) is 0 Å². The number of ether oxygens (including phenoxy) is 4. The summed E-state index contributed by atoms with van der Waals surface area (Å²) in [6, 6.07) is 14.2. The van der Waals surface area contributed by atoms with Crippen LogP contribution in [0.4, 0.5) is 20.3 Å². The van der Waals surface area contributed by atoms with Crippen LogP contribution in [-0.2, 0) is 23.1 Å². The fourth-order valence-electron chi connectivity index (χ4n) is 5.78. The Kier molecular flexibility index (Phi) is 12.1. The van der Waals surface area contributed by atoms with Gasteiger partial charge >= 0.3 is 0 Å². The van der Waals surface area contributed by atoms with Crippen LogP contribution in [0.5, 0.6) is 23.0 Å². The van der Waals surface area contributed by atoms with Gasteiger partial charge in [-0.1, -0.05) is 23.7 Å². The molecule has 5 rings (SSSR count). The molecule has 2 aromatic carbocycles. The van der Waals surface area contributed by atoms with E-state index in [1.165, 1.54) is 57.1 Å². The van der Waals surface area contributed by atoms with Gasteiger partial charge in [0, 0.05) is 80.2 Å². The number of rotatable bonds is 13. The Bertz CT molecular complexity index is 1980. The first-order valence-corrected chi connectivity index (χ1v) is 18.1. The summed E-state index contributed by atoms with van der Waals surface area (Å²) in [5.74, 6) is -1.39. The molecular weight excluding hydrogens is 720 g/mol. The second-order valence-corrected chi connectivity index (χ2v) is 14.4. The van der Waals surface area contributed by atoms with E-state index in [1.807, 2.05) is 0 Å². The van der Waals surface area contributed by atoms with Crippen LogP contribution in [0, 0.1) is 6.92 Å². The van der Waals surface area contributed by atoms with Crippen molar-refractivity contribution in [3.8, 4) is 23.0 Å². The monoisotopic (exact) mass is 759 g/mol. The smallest absolute Gasteiger partial charge is 0.261 e. The van der Waals surface area contributed by atoms with Crippen molar-refractivity contribution in [2.45, 2.75) is 50.2 Å². The van der Waals surface area contributed by atoms with Crippen LogP contribution in [0.1, 0.15) is 46.4 Å². The third-order valence-corrected chi connectivity index (χ3v) is 10.7. The number of sulfonamides is 1. The number of nitrogens with zero attached hydrogens (tertiary/aromatic N) is 4. The molecule has 1 fully saturated rings. The lowest BCUT2D eigenvalue weighted by Gasteiger charge is -2.25. The van der Waals surface area contributed by atoms with Crippen molar-refractivity contribution in [1.82, 2.24) is 14.3 Å². The number of hydrogen-bond acceptors (Lipinski definition) is 10. The van der Waals surface area contributed by atoms with E-state index in [-0.39, 0.29) is 72.6 Å². The molecule has 0 spiro atoms. The third kappa shape index (κ3) is 8.82. The molecule has 0 aliphatic carbocycles. The number of benzene rings is 2. The number of nitrogens with one attached hydrogen (secondary N) is 1. The highest BCUT2D eigenvalue weighted by atomic mass is 35.5. The normalized spacial score (nSPS) is 14.4. The molecule has 1 amide bonds. The average Bonchev–Trinajstić information content (AvgIpc) is 3.32. The first-order chi connectivity index (χ1) is 24.8. The van der Waals surface area contributed by atoms with Gasteiger partial charge in [0.1, 0.15) is 28.8 Å². The van der Waals surface area contributed by atoms with Gasteiger partial charge in [-0.05, 0) is 37.6 Å². The van der Waals surface area contributed by atoms with Crippen molar-refractivity contribution >= 4 is 39.0 Å². The van der Waals surface area contributed by atoms with E-state index in [1.54, 1.807) is 48.2 Å². The lowest BCUT2D eigenvalue weighted by molar-refractivity contribution is -0.0102. The SMILES string of the molecule is COc1ccc(CN(Cc2ccc(OC)cc2OC)S(=O)(=O)c2cc(NC(=O)c3cc(Cl)c(C)nc3N3CCCC(F)(F)CC3)ccn2)c(OC)c1. The van der Waals surface area contributed by atoms with Crippen LogP contribution in [0.3, 0.4) is 0 Å². The molecule has 0 bridgehead atoms. The maximum Gasteiger partial charge on any atom is 0.261 e. The van der Waals surface area contributed by atoms with Crippen molar-refractivity contribution in [2.24, 2.45) is 0 Å². The minimum Gasteiger partial charge on any atom is -0.497 e. The highest BCUT2D eigenvalue weighted by Gasteiger charge is 2.34. The van der Waals surface area contributed by atoms with Gasteiger partial charge in [-0.15, -0.1) is 0 Å². The number of hydrogen-bond donors (Lipinski definition) is 1. The van der Waals surface area contributed by atoms with Gasteiger partial charge in [0.15, 0.2) is 5.03 Å². The van der Waals surface area contributed by atoms with Crippen LogP contribution in [-0.4, -0.2) is 76.0 Å². The zero-order valence-corrected chi connectivity index (χ0v) is 31.0. The summed E-state index contributed by atoms with van der Waals surface area (Å²) in [6.45, 7) is 1.67. The minimum absolute atomic E-state index is 0.00714. The molecule has 1 aliphatic rings. The number of anilines is 2. The third-order valence-electron chi connectivity index (χ3n) is 8.67. The number of methoxy groups -OCH3 is 4. The summed E-state index contributed by atoms with van der Waals surface area (Å²) in [7, 11) is 1.60. The van der Waals surface area contributed by atoms with Gasteiger partial charge < -0.3 is 29.2 Å². The molecule has 52 heavy (non-hydrogen) atoms. The molecule has 4 aromatic rings. The zero-order valence-electron chi connectivity index (χ0n) is 29.4. The Labute approximate surface area is 306 Å². The van der Waals surface area contributed by atoms with Gasteiger partial charge in [0.25, 0.3) is 15.9 Å². The van der Waals surface area contributed by atoms with Crippen molar-refractivity contribution < 1.29 is 40.9 Å². The van der Waals surface area contributed by atoms with E-state index < -0.39 is 21.9 Å². The lowest BCUT2D eigenvalue weighted by Crippen LogP contribution is -2.31. The highest BCUT2D eigenvalue weighted by molar-refractivity contribution is 7.89. The van der Waals surface area contributed by atoms with E-state index in [2.05, 4.69) is 15.3 Å². The fourth-order valence-corrected chi connectivity index (χ4v) is 7.29. The van der Waals surface area contributed by atoms with E-state index in [9.17, 15) is 22.0 Å². The van der Waals surface area contributed by atoms with Crippen LogP contribution in [0.25, 0.3) is 0 Å². The number of amides is 1. The summed E-state index contributed by atoms with van der Waals surface area (Å²) in [4.78, 5) is 24.1. The summed E-state index contributed by atoms with van der Waals surface area (Å²) >= 11 is 6.37. The zero-order chi connectivity index (χ0) is 37.6. The Balaban J connectivity index is 1.49. The van der Waals surface area contributed by atoms with Crippen molar-refractivity contribution in [1.29, 1.82) is 0 Å². The molecule has 0 radical (unpaired) electrons. The van der Waals surface area contributed by atoms with Crippen LogP contribution in [0.15, 0.2) is 65.8 Å². The van der Waals surface area contributed by atoms with E-state index in [0.717, 1.165) is 0 Å². The molecule has 2 aromatic heterocycles. The predicted molar refractivity (Wildman–Crippen MR) is 193 cm³/mol. The second-order valence-electron chi connectivity index (χ2n) is 12.1. The molecule has 12 nitrogen and oxygen atoms in total. The summed E-state index contributed by atoms with van der Waals surface area (Å²) in [5.41, 5.74) is 1.70. The number of carbonyl (C=O) groups excluding carboxylic acids is 1. The standard InChI is InChI=1S/C36H40ClF2N5O7S/c1-23-30(37)20-29(34(41-23)43-15-6-12-36(38,39)13-16-43)35(45)42-26-11-14-40-33(17-26)52(46,47)44(21-24-7-9-27(48-2)18-31(24)50-4)22-25-8-10-28(49-3)19-32(25)51-5/h7-11,14,17-20H,6,12-13,15-16,21-22H2,1-5H3,(H,40,42,45). The van der Waals surface area contributed by atoms with Gasteiger partial charge in [-0.2, -0.15) is 4.31 Å². The molecule has 278 valence electrons. The number of aromatic nitrogens is 2. The molecule has 1 aliphatic heterocycles. The molecule has 16 heteroatoms. The van der Waals surface area contributed by atoms with E-state index in [0.29, 0.717) is 39.8 Å². The van der Waals surface area contributed by atoms with Gasteiger partial charge in [-0.3, -0.25) is 4.79 Å². The number of alkyl halides is 2. The summed E-state index contributed by atoms with van der Waals surface area (Å²) in [6.07, 6.45) is 0.828. The number of aryl methyl sites for hydroxylation is 1. The van der Waals surface area contributed by atoms with Gasteiger partial charge in [-0.25, -0.2) is 27.2 Å². The van der Waals surface area contributed by atoms with Crippen molar-refractivity contribution in [3.05, 3.63) is 88.2 Å². The van der Waals surface area contributed by atoms with E-state index in [4.69, 9.17) is 30.5 Å². The summed E-state index contributed by atoms with van der Waals surface area (Å²) < 4.78 is 80.2. The van der Waals surface area contributed by atoms with Crippen molar-refractivity contribution in [2.75, 3.05) is 51.7 Å². The van der Waals surface area contributed by atoms with Crippen LogP contribution < -0.4 is 29.2 Å². The maximum atomic E-state index is 14.4. The predicted octanol–water partition coefficient (Wildman–Crippen LogP) is 6.74. The largest absolute Gasteiger partial charge is 0.497 e. The first kappa shape index (κ1) is 38.5. The minimum atomic E-state index is -4.37. The molecule has 0 saturated carbocycles. The molecule has 0 unspecified atom stereocenters. The molecule has 3 heterocycles. The number of carbonyl (C=O) groups is 1. The molecule has 1 saturated heterocycles. The maximum absolute atomic E-state index is 14.4. The Morgan fingerprint density at radius 1 is 0.904 bits per heavy atom. The number of pyridine rings is 2. The van der Waals surface area contributed by atoms with Gasteiger partial charge in [0.05, 0.1) is 44.7 Å². The average molecular weight is 760 g/mol. The topological polar surface area (TPSA) is 132 Å². The Morgan fingerprint density at radius 3 is 2.10 bits per heavy atom. The lowest BCUT2D eigenvalue weighted by atomic mass is 10.1. The van der Waals surface area contributed by atoms with Crippen LogP contribution in [0.2, 0.25) is 5.02 Å². The molecule has 1 N–H and O–H groups in total. The van der Waals surface area contributed by atoms with Crippen LogP contribution >= 0.6 is 11.6 Å². The Morgan fingerprint density at radius 2 is 1.52 bits per heavy atom. The second kappa shape index (κ2) is 16.3. The highest BCUT2D eigenvalue weighted by Crippen LogP contribution is 2.34. The number of halogens is 3. The molecular formula is C36H40ClF2N5O7S. The van der Waals surface area contributed by atoms with E-state index >= 15 is 0 Å². The molecule has 0 atom stereocenters. The Hall–Kier alpha value is -4.73. The first-order valence-electron chi connectivity index (χ1n) is 16.3. The fraction of sp³-hybridized carbons (Fsp3) is 0.361.